The first-order valence-corrected chi connectivity index (χ1v) is 5.44. The van der Waals surface area contributed by atoms with Crippen molar-refractivity contribution >= 4 is 5.78 Å². The number of carbonyl (C=O) groups excluding carboxylic acids is 1. The molecule has 1 aromatic heterocycles. The summed E-state index contributed by atoms with van der Waals surface area (Å²) in [6.45, 7) is 1.95. The molecule has 0 saturated carbocycles. The smallest absolute Gasteiger partial charge is 0.196 e. The summed E-state index contributed by atoms with van der Waals surface area (Å²) in [5.41, 5.74) is 1.83. The Morgan fingerprint density at radius 3 is 2.59 bits per heavy atom. The van der Waals surface area contributed by atoms with Gasteiger partial charge in [-0.15, -0.1) is 0 Å². The molecule has 2 aromatic rings. The zero-order valence-electron chi connectivity index (χ0n) is 9.77. The van der Waals surface area contributed by atoms with E-state index in [1.165, 1.54) is 24.3 Å². The highest BCUT2D eigenvalue weighted by molar-refractivity contribution is 6.09. The highest BCUT2D eigenvalue weighted by atomic mass is 19.1. The fraction of sp³-hybridized carbons (Fsp3) is 0.231. The van der Waals surface area contributed by atoms with Crippen LogP contribution in [0.3, 0.4) is 0 Å². The average Bonchev–Trinajstić information content (AvgIpc) is 2.70. The van der Waals surface area contributed by atoms with Crippen LogP contribution in [0.15, 0.2) is 30.5 Å². The minimum absolute atomic E-state index is 0.116. The molecule has 4 heteroatoms. The Kier molecular flexibility index (Phi) is 3.04. The fourth-order valence-electron chi connectivity index (χ4n) is 1.74. The minimum atomic E-state index is -0.344. The summed E-state index contributed by atoms with van der Waals surface area (Å²) >= 11 is 0. The van der Waals surface area contributed by atoms with Crippen LogP contribution >= 0.6 is 0 Å². The molecular weight excluding hydrogens is 219 g/mol. The molecule has 17 heavy (non-hydrogen) atoms. The van der Waals surface area contributed by atoms with Crippen LogP contribution < -0.4 is 0 Å². The first kappa shape index (κ1) is 11.5. The van der Waals surface area contributed by atoms with Crippen molar-refractivity contribution in [3.63, 3.8) is 0 Å². The summed E-state index contributed by atoms with van der Waals surface area (Å²) in [6.07, 6.45) is 2.40. The number of hydrogen-bond donors (Lipinski definition) is 0. The molecule has 0 aliphatic heterocycles. The molecule has 0 aliphatic rings. The predicted octanol–water partition coefficient (Wildman–Crippen LogP) is 2.35. The molecule has 0 spiro atoms. The molecule has 3 nitrogen and oxygen atoms in total. The Morgan fingerprint density at radius 1 is 1.35 bits per heavy atom. The molecule has 1 aromatic carbocycles. The van der Waals surface area contributed by atoms with E-state index in [1.807, 2.05) is 6.92 Å². The van der Waals surface area contributed by atoms with Crippen molar-refractivity contribution < 1.29 is 9.18 Å². The first-order valence-electron chi connectivity index (χ1n) is 5.44. The zero-order valence-corrected chi connectivity index (χ0v) is 9.77. The summed E-state index contributed by atoms with van der Waals surface area (Å²) in [5.74, 6) is -0.460. The summed E-state index contributed by atoms with van der Waals surface area (Å²) in [5, 5.41) is 4.22. The number of hydrogen-bond acceptors (Lipinski definition) is 2. The van der Waals surface area contributed by atoms with Gasteiger partial charge in [0.2, 0.25) is 0 Å². The van der Waals surface area contributed by atoms with Gasteiger partial charge in [0, 0.05) is 18.8 Å². The van der Waals surface area contributed by atoms with Gasteiger partial charge in [-0.3, -0.25) is 9.48 Å². The van der Waals surface area contributed by atoms with E-state index in [0.29, 0.717) is 17.5 Å². The monoisotopic (exact) mass is 232 g/mol. The molecule has 1 heterocycles. The van der Waals surface area contributed by atoms with Crippen molar-refractivity contribution in [2.75, 3.05) is 0 Å². The average molecular weight is 232 g/mol. The van der Waals surface area contributed by atoms with Crippen LogP contribution in [0.1, 0.15) is 28.5 Å². The molecule has 0 fully saturated rings. The van der Waals surface area contributed by atoms with Crippen molar-refractivity contribution in [1.82, 2.24) is 9.78 Å². The molecule has 0 aliphatic carbocycles. The van der Waals surface area contributed by atoms with Gasteiger partial charge in [0.15, 0.2) is 5.78 Å². The third kappa shape index (κ3) is 2.25. The van der Waals surface area contributed by atoms with Gasteiger partial charge in [-0.25, -0.2) is 4.39 Å². The number of aryl methyl sites for hydroxylation is 2. The quantitative estimate of drug-likeness (QED) is 0.761. The Morgan fingerprint density at radius 2 is 2.00 bits per heavy atom. The summed E-state index contributed by atoms with van der Waals surface area (Å²) in [4.78, 5) is 12.2. The minimum Gasteiger partial charge on any atom is -0.288 e. The highest BCUT2D eigenvalue weighted by Gasteiger charge is 2.15. The third-order valence-electron chi connectivity index (χ3n) is 2.59. The number of rotatable bonds is 3. The summed E-state index contributed by atoms with van der Waals surface area (Å²) in [7, 11) is 1.78. The molecule has 0 atom stereocenters. The molecule has 0 saturated heterocycles. The number of halogens is 1. The Bertz CT molecular complexity index is 543. The standard InChI is InChI=1S/C13H13FN2O/c1-3-12-11(8-16(2)15-12)13(17)9-4-6-10(14)7-5-9/h4-8H,3H2,1-2H3. The van der Waals surface area contributed by atoms with Gasteiger partial charge in [0.1, 0.15) is 5.82 Å². The molecule has 2 rings (SSSR count). The van der Waals surface area contributed by atoms with Gasteiger partial charge in [0.05, 0.1) is 11.3 Å². The van der Waals surface area contributed by atoms with Crippen LogP contribution in [0.2, 0.25) is 0 Å². The molecule has 0 bridgehead atoms. The van der Waals surface area contributed by atoms with Crippen LogP contribution in [0, 0.1) is 5.82 Å². The lowest BCUT2D eigenvalue weighted by Gasteiger charge is -1.99. The van der Waals surface area contributed by atoms with E-state index >= 15 is 0 Å². The number of aromatic nitrogens is 2. The topological polar surface area (TPSA) is 34.9 Å². The maximum atomic E-state index is 12.8. The second-order valence-corrected chi connectivity index (χ2v) is 3.85. The lowest BCUT2D eigenvalue weighted by Crippen LogP contribution is -2.03. The first-order chi connectivity index (χ1) is 8.11. The van der Waals surface area contributed by atoms with E-state index in [2.05, 4.69) is 5.10 Å². The van der Waals surface area contributed by atoms with E-state index in [4.69, 9.17) is 0 Å². The normalized spacial score (nSPS) is 10.5. The summed E-state index contributed by atoms with van der Waals surface area (Å²) < 4.78 is 14.4. The van der Waals surface area contributed by atoms with E-state index in [-0.39, 0.29) is 11.6 Å². The van der Waals surface area contributed by atoms with E-state index < -0.39 is 0 Å². The second kappa shape index (κ2) is 4.49. The lowest BCUT2D eigenvalue weighted by molar-refractivity contribution is 0.103. The Balaban J connectivity index is 2.39. The number of ketones is 1. The number of carbonyl (C=O) groups is 1. The maximum Gasteiger partial charge on any atom is 0.196 e. The molecule has 0 unspecified atom stereocenters. The van der Waals surface area contributed by atoms with Gasteiger partial charge in [-0.2, -0.15) is 5.10 Å². The van der Waals surface area contributed by atoms with Gasteiger partial charge in [-0.05, 0) is 30.7 Å². The van der Waals surface area contributed by atoms with E-state index in [9.17, 15) is 9.18 Å². The lowest BCUT2D eigenvalue weighted by atomic mass is 10.0. The van der Waals surface area contributed by atoms with Crippen molar-refractivity contribution in [1.29, 1.82) is 0 Å². The molecule has 88 valence electrons. The Hall–Kier alpha value is -1.97. The predicted molar refractivity (Wildman–Crippen MR) is 62.4 cm³/mol. The van der Waals surface area contributed by atoms with Crippen molar-refractivity contribution in [3.8, 4) is 0 Å². The number of benzene rings is 1. The van der Waals surface area contributed by atoms with Gasteiger partial charge in [-0.1, -0.05) is 6.92 Å². The van der Waals surface area contributed by atoms with Crippen LogP contribution in [0.5, 0.6) is 0 Å². The van der Waals surface area contributed by atoms with Crippen LogP contribution in [0.25, 0.3) is 0 Å². The fourth-order valence-corrected chi connectivity index (χ4v) is 1.74. The Labute approximate surface area is 98.9 Å². The maximum absolute atomic E-state index is 12.8. The molecule has 0 N–H and O–H groups in total. The van der Waals surface area contributed by atoms with Crippen LogP contribution in [-0.2, 0) is 13.5 Å². The van der Waals surface area contributed by atoms with Gasteiger partial charge < -0.3 is 0 Å². The molecule has 0 amide bonds. The largest absolute Gasteiger partial charge is 0.288 e. The zero-order chi connectivity index (χ0) is 12.4. The van der Waals surface area contributed by atoms with Crippen LogP contribution in [0.4, 0.5) is 4.39 Å². The van der Waals surface area contributed by atoms with Gasteiger partial charge in [0.25, 0.3) is 0 Å². The third-order valence-corrected chi connectivity index (χ3v) is 2.59. The van der Waals surface area contributed by atoms with Crippen molar-refractivity contribution in [2.45, 2.75) is 13.3 Å². The van der Waals surface area contributed by atoms with Gasteiger partial charge >= 0.3 is 0 Å². The molecular formula is C13H13FN2O. The van der Waals surface area contributed by atoms with Crippen molar-refractivity contribution in [2.24, 2.45) is 7.05 Å². The molecule has 0 radical (unpaired) electrons. The van der Waals surface area contributed by atoms with Crippen LogP contribution in [-0.4, -0.2) is 15.6 Å². The summed E-state index contributed by atoms with van der Waals surface area (Å²) in [6, 6.07) is 5.55. The van der Waals surface area contributed by atoms with Crippen molar-refractivity contribution in [3.05, 3.63) is 53.1 Å². The SMILES string of the molecule is CCc1nn(C)cc1C(=O)c1ccc(F)cc1. The van der Waals surface area contributed by atoms with E-state index in [0.717, 1.165) is 5.69 Å². The number of nitrogens with zero attached hydrogens (tertiary/aromatic N) is 2. The second-order valence-electron chi connectivity index (χ2n) is 3.85. The van der Waals surface area contributed by atoms with E-state index in [1.54, 1.807) is 17.9 Å². The highest BCUT2D eigenvalue weighted by Crippen LogP contribution is 2.14.